The number of rotatable bonds is 10. The Morgan fingerprint density at radius 1 is 0.846 bits per heavy atom. The second kappa shape index (κ2) is 12.7. The summed E-state index contributed by atoms with van der Waals surface area (Å²) in [4.78, 5) is 40.0. The van der Waals surface area contributed by atoms with Crippen LogP contribution in [0, 0.1) is 0 Å². The van der Waals surface area contributed by atoms with E-state index in [0.29, 0.717) is 0 Å². The highest BCUT2D eigenvalue weighted by molar-refractivity contribution is 7.00. The molecule has 206 valence electrons. The van der Waals surface area contributed by atoms with Crippen molar-refractivity contribution in [1.82, 2.24) is 4.90 Å². The molecular formula is C30H35NO7Si. The number of carboxylic acid groups (broad SMARTS) is 1. The molecule has 0 saturated carbocycles. The van der Waals surface area contributed by atoms with E-state index >= 15 is 0 Å². The third kappa shape index (κ3) is 6.55. The zero-order chi connectivity index (χ0) is 28.6. The fourth-order valence-corrected chi connectivity index (χ4v) is 8.99. The van der Waals surface area contributed by atoms with Crippen LogP contribution in [0.25, 0.3) is 0 Å². The SMILES string of the molecule is CO[C@H](C(=O)O[Si](c1ccccc1)(c1ccccc1)C(C)(C)C)[C@@H](C(=O)O)N(C)C(=O)OCc1ccccc1. The van der Waals surface area contributed by atoms with Gasteiger partial charge in [0.25, 0.3) is 0 Å². The summed E-state index contributed by atoms with van der Waals surface area (Å²) in [6.07, 6.45) is -2.52. The Balaban J connectivity index is 1.97. The first-order valence-electron chi connectivity index (χ1n) is 12.6. The summed E-state index contributed by atoms with van der Waals surface area (Å²) >= 11 is 0. The van der Waals surface area contributed by atoms with Crippen molar-refractivity contribution in [3.63, 3.8) is 0 Å². The summed E-state index contributed by atoms with van der Waals surface area (Å²) in [6, 6.07) is 26.3. The first kappa shape index (κ1) is 29.6. The Labute approximate surface area is 230 Å². The standard InChI is InChI=1S/C30H35NO7Si/c1-30(2,3)39(23-17-11-7-12-18-23,24-19-13-8-14-20-24)38-28(34)26(36-5)25(27(32)33)31(4)29(35)37-21-22-15-9-6-10-16-22/h6-20,25-26H,21H2,1-5H3,(H,32,33)/t25-,26-/m0/s1. The van der Waals surface area contributed by atoms with Gasteiger partial charge in [0.1, 0.15) is 6.61 Å². The number of nitrogens with zero attached hydrogens (tertiary/aromatic N) is 1. The maximum Gasteiger partial charge on any atom is 0.410 e. The quantitative estimate of drug-likeness (QED) is 0.384. The smallest absolute Gasteiger partial charge is 0.410 e. The van der Waals surface area contributed by atoms with E-state index in [0.717, 1.165) is 20.8 Å². The molecule has 8 nitrogen and oxygen atoms in total. The van der Waals surface area contributed by atoms with Crippen LogP contribution in [0.1, 0.15) is 26.3 Å². The normalized spacial score (nSPS) is 13.2. The van der Waals surface area contributed by atoms with Crippen LogP contribution in [0.3, 0.4) is 0 Å². The largest absolute Gasteiger partial charge is 0.508 e. The van der Waals surface area contributed by atoms with Gasteiger partial charge in [-0.1, -0.05) is 112 Å². The van der Waals surface area contributed by atoms with Gasteiger partial charge >= 0.3 is 26.3 Å². The predicted octanol–water partition coefficient (Wildman–Crippen LogP) is 3.83. The van der Waals surface area contributed by atoms with Gasteiger partial charge in [0.05, 0.1) is 0 Å². The molecule has 0 spiro atoms. The molecule has 3 aromatic carbocycles. The molecule has 0 unspecified atom stereocenters. The second-order valence-corrected chi connectivity index (χ2v) is 14.4. The zero-order valence-electron chi connectivity index (χ0n) is 22.9. The predicted molar refractivity (Wildman–Crippen MR) is 150 cm³/mol. The summed E-state index contributed by atoms with van der Waals surface area (Å²) in [7, 11) is -0.874. The minimum Gasteiger partial charge on any atom is -0.508 e. The average Bonchev–Trinajstić information content (AvgIpc) is 2.93. The molecule has 1 amide bonds. The van der Waals surface area contributed by atoms with Gasteiger partial charge in [0, 0.05) is 14.2 Å². The lowest BCUT2D eigenvalue weighted by atomic mass is 10.1. The third-order valence-corrected chi connectivity index (χ3v) is 11.5. The van der Waals surface area contributed by atoms with E-state index in [1.165, 1.54) is 14.2 Å². The molecule has 0 heterocycles. The van der Waals surface area contributed by atoms with Crippen molar-refractivity contribution in [1.29, 1.82) is 0 Å². The maximum atomic E-state index is 13.9. The summed E-state index contributed by atoms with van der Waals surface area (Å²) in [5.41, 5.74) is 0.737. The van der Waals surface area contributed by atoms with Gasteiger partial charge in [-0.3, -0.25) is 9.69 Å². The highest BCUT2D eigenvalue weighted by Gasteiger charge is 2.55. The van der Waals surface area contributed by atoms with Crippen LogP contribution in [0.4, 0.5) is 4.79 Å². The number of carbonyl (C=O) groups is 3. The van der Waals surface area contributed by atoms with Crippen LogP contribution in [0.15, 0.2) is 91.0 Å². The highest BCUT2D eigenvalue weighted by atomic mass is 28.4. The molecule has 0 aliphatic rings. The summed E-state index contributed by atoms with van der Waals surface area (Å²) in [5.74, 6) is -2.30. The number of aliphatic carboxylic acids is 1. The average molecular weight is 550 g/mol. The van der Waals surface area contributed by atoms with Crippen molar-refractivity contribution < 1.29 is 33.4 Å². The van der Waals surface area contributed by atoms with E-state index in [4.69, 9.17) is 13.9 Å². The molecule has 3 rings (SSSR count). The fourth-order valence-electron chi connectivity index (χ4n) is 4.65. The van der Waals surface area contributed by atoms with Gasteiger partial charge in [-0.15, -0.1) is 0 Å². The van der Waals surface area contributed by atoms with Crippen molar-refractivity contribution in [3.05, 3.63) is 96.6 Å². The molecule has 1 N–H and O–H groups in total. The van der Waals surface area contributed by atoms with E-state index in [1.54, 1.807) is 24.3 Å². The fraction of sp³-hybridized carbons (Fsp3) is 0.300. The number of hydrogen-bond donors (Lipinski definition) is 1. The summed E-state index contributed by atoms with van der Waals surface area (Å²) in [6.45, 7) is 5.93. The van der Waals surface area contributed by atoms with E-state index in [-0.39, 0.29) is 6.61 Å². The van der Waals surface area contributed by atoms with E-state index in [1.807, 2.05) is 87.5 Å². The van der Waals surface area contributed by atoms with Crippen LogP contribution in [-0.2, 0) is 30.1 Å². The number of amides is 1. The topological polar surface area (TPSA) is 102 Å². The molecule has 2 atom stereocenters. The Morgan fingerprint density at radius 2 is 1.31 bits per heavy atom. The number of carbonyl (C=O) groups excluding carboxylic acids is 2. The second-order valence-electron chi connectivity index (χ2n) is 10.2. The lowest BCUT2D eigenvalue weighted by molar-refractivity contribution is -0.160. The van der Waals surface area contributed by atoms with E-state index in [9.17, 15) is 19.5 Å². The molecule has 0 radical (unpaired) electrons. The van der Waals surface area contributed by atoms with Crippen molar-refractivity contribution >= 4 is 36.7 Å². The van der Waals surface area contributed by atoms with E-state index in [2.05, 4.69) is 0 Å². The first-order valence-corrected chi connectivity index (χ1v) is 14.5. The number of methoxy groups -OCH3 is 1. The molecule has 0 aliphatic carbocycles. The molecule has 0 aromatic heterocycles. The number of benzene rings is 3. The number of carboxylic acids is 1. The molecule has 0 fully saturated rings. The van der Waals surface area contributed by atoms with Gasteiger partial charge in [-0.05, 0) is 21.0 Å². The monoisotopic (exact) mass is 549 g/mol. The molecule has 3 aromatic rings. The zero-order valence-corrected chi connectivity index (χ0v) is 23.9. The van der Waals surface area contributed by atoms with Crippen LogP contribution in [-0.4, -0.2) is 62.7 Å². The minimum absolute atomic E-state index is 0.0550. The molecule has 0 saturated heterocycles. The highest BCUT2D eigenvalue weighted by Crippen LogP contribution is 2.37. The van der Waals surface area contributed by atoms with Gasteiger partial charge in [-0.25, -0.2) is 9.59 Å². The van der Waals surface area contributed by atoms with Gasteiger partial charge in [-0.2, -0.15) is 0 Å². The molecule has 0 bridgehead atoms. The number of likely N-dealkylation sites (N-methyl/N-ethyl adjacent to an activating group) is 1. The van der Waals surface area contributed by atoms with Crippen molar-refractivity contribution in [2.24, 2.45) is 0 Å². The Morgan fingerprint density at radius 3 is 1.72 bits per heavy atom. The molecular weight excluding hydrogens is 514 g/mol. The van der Waals surface area contributed by atoms with Crippen LogP contribution in [0.2, 0.25) is 5.04 Å². The summed E-state index contributed by atoms with van der Waals surface area (Å²) < 4.78 is 17.2. The van der Waals surface area contributed by atoms with Crippen LogP contribution in [0.5, 0.6) is 0 Å². The van der Waals surface area contributed by atoms with Gasteiger partial charge in [0.2, 0.25) is 0 Å². The van der Waals surface area contributed by atoms with Crippen LogP contribution >= 0.6 is 0 Å². The van der Waals surface area contributed by atoms with E-state index < -0.39 is 43.5 Å². The molecule has 39 heavy (non-hydrogen) atoms. The first-order chi connectivity index (χ1) is 18.5. The Bertz CT molecular complexity index is 1210. The minimum atomic E-state index is -3.35. The third-order valence-electron chi connectivity index (χ3n) is 6.61. The van der Waals surface area contributed by atoms with Crippen molar-refractivity contribution in [2.45, 2.75) is 44.6 Å². The molecule has 9 heteroatoms. The van der Waals surface area contributed by atoms with Crippen LogP contribution < -0.4 is 10.4 Å². The Hall–Kier alpha value is -3.95. The number of hydrogen-bond acceptors (Lipinski definition) is 6. The number of ether oxygens (including phenoxy) is 2. The van der Waals surface area contributed by atoms with Crippen molar-refractivity contribution in [3.8, 4) is 0 Å². The maximum absolute atomic E-state index is 13.9. The Kier molecular flexibility index (Phi) is 9.66. The van der Waals surface area contributed by atoms with Crippen molar-refractivity contribution in [2.75, 3.05) is 14.2 Å². The lowest BCUT2D eigenvalue weighted by Crippen LogP contribution is -2.68. The van der Waals surface area contributed by atoms with Gasteiger partial charge in [0.15, 0.2) is 12.1 Å². The molecule has 0 aliphatic heterocycles. The summed E-state index contributed by atoms with van der Waals surface area (Å²) in [5, 5.41) is 11.2. The van der Waals surface area contributed by atoms with Gasteiger partial charge < -0.3 is 19.0 Å². The lowest BCUT2D eigenvalue weighted by Gasteiger charge is -2.43.